The van der Waals surface area contributed by atoms with Crippen LogP contribution < -0.4 is 0 Å². The summed E-state index contributed by atoms with van der Waals surface area (Å²) in [5.74, 6) is 1.25. The zero-order valence-electron chi connectivity index (χ0n) is 12.8. The lowest BCUT2D eigenvalue weighted by Gasteiger charge is -2.23. The van der Waals surface area contributed by atoms with Crippen LogP contribution in [-0.4, -0.2) is 21.7 Å². The molecule has 0 unspecified atom stereocenters. The van der Waals surface area contributed by atoms with Gasteiger partial charge in [-0.1, -0.05) is 23.7 Å². The number of nitrogens with zero attached hydrogens (tertiary/aromatic N) is 2. The van der Waals surface area contributed by atoms with Gasteiger partial charge in [-0.25, -0.2) is 0 Å². The molecule has 1 aliphatic heterocycles. The van der Waals surface area contributed by atoms with Crippen LogP contribution in [0.15, 0.2) is 28.8 Å². The second-order valence-corrected chi connectivity index (χ2v) is 6.31. The van der Waals surface area contributed by atoms with Crippen LogP contribution in [-0.2, 0) is 13.0 Å². The largest absolute Gasteiger partial charge is 0.508 e. The molecule has 1 aliphatic rings. The molecule has 1 aromatic carbocycles. The van der Waals surface area contributed by atoms with E-state index in [1.54, 1.807) is 12.1 Å². The highest BCUT2D eigenvalue weighted by molar-refractivity contribution is 6.30. The second kappa shape index (κ2) is 6.71. The molecule has 2 aromatic rings. The van der Waals surface area contributed by atoms with E-state index in [9.17, 15) is 5.11 Å². The number of likely N-dealkylation sites (tertiary alicyclic amines) is 1. The van der Waals surface area contributed by atoms with Crippen molar-refractivity contribution in [3.05, 3.63) is 46.3 Å². The Bertz CT molecular complexity index is 641. The van der Waals surface area contributed by atoms with Crippen LogP contribution in [0.1, 0.15) is 49.2 Å². The molecule has 0 spiro atoms. The first-order chi connectivity index (χ1) is 10.7. The van der Waals surface area contributed by atoms with E-state index in [2.05, 4.69) is 23.0 Å². The van der Waals surface area contributed by atoms with Gasteiger partial charge in [0.2, 0.25) is 0 Å². The number of phenolic OH excluding ortho intramolecular Hbond substituents is 1. The maximum atomic E-state index is 10.0. The summed E-state index contributed by atoms with van der Waals surface area (Å²) in [5, 5.41) is 14.9. The second-order valence-electron chi connectivity index (χ2n) is 5.87. The van der Waals surface area contributed by atoms with Crippen LogP contribution in [0.25, 0.3) is 0 Å². The summed E-state index contributed by atoms with van der Waals surface area (Å²) >= 11 is 6.04. The maximum Gasteiger partial charge on any atom is 0.137 e. The molecule has 3 rings (SSSR count). The highest BCUT2D eigenvalue weighted by atomic mass is 35.5. The molecule has 118 valence electrons. The van der Waals surface area contributed by atoms with E-state index in [-0.39, 0.29) is 6.04 Å². The topological polar surface area (TPSA) is 49.5 Å². The Balaban J connectivity index is 1.76. The molecule has 4 nitrogen and oxygen atoms in total. The Kier molecular flexibility index (Phi) is 4.69. The molecule has 1 aromatic heterocycles. The third-order valence-electron chi connectivity index (χ3n) is 4.19. The number of benzene rings is 1. The Morgan fingerprint density at radius 2 is 2.27 bits per heavy atom. The number of hydrogen-bond acceptors (Lipinski definition) is 4. The number of rotatable bonds is 5. The summed E-state index contributed by atoms with van der Waals surface area (Å²) in [6.07, 6.45) is 4.18. The van der Waals surface area contributed by atoms with Gasteiger partial charge in [-0.3, -0.25) is 4.90 Å². The fourth-order valence-electron chi connectivity index (χ4n) is 3.10. The molecule has 0 amide bonds. The van der Waals surface area contributed by atoms with Crippen molar-refractivity contribution in [3.8, 4) is 5.75 Å². The molecule has 0 saturated carbocycles. The van der Waals surface area contributed by atoms with Crippen LogP contribution in [0.3, 0.4) is 0 Å². The van der Waals surface area contributed by atoms with E-state index < -0.39 is 0 Å². The van der Waals surface area contributed by atoms with E-state index in [0.29, 0.717) is 17.3 Å². The van der Waals surface area contributed by atoms with E-state index >= 15 is 0 Å². The van der Waals surface area contributed by atoms with Crippen LogP contribution in [0.4, 0.5) is 0 Å². The lowest BCUT2D eigenvalue weighted by Crippen LogP contribution is -2.23. The minimum Gasteiger partial charge on any atom is -0.508 e. The van der Waals surface area contributed by atoms with Crippen molar-refractivity contribution in [1.82, 2.24) is 10.1 Å². The molecule has 1 atom stereocenters. The van der Waals surface area contributed by atoms with E-state index in [0.717, 1.165) is 49.2 Å². The van der Waals surface area contributed by atoms with E-state index in [1.807, 2.05) is 6.07 Å². The number of aromatic nitrogens is 1. The number of aryl methyl sites for hydroxylation is 1. The smallest absolute Gasteiger partial charge is 0.137 e. The first-order valence-corrected chi connectivity index (χ1v) is 8.22. The first kappa shape index (κ1) is 15.4. The molecule has 22 heavy (non-hydrogen) atoms. The van der Waals surface area contributed by atoms with Gasteiger partial charge in [0.05, 0.1) is 6.04 Å². The first-order valence-electron chi connectivity index (χ1n) is 7.84. The van der Waals surface area contributed by atoms with Gasteiger partial charge in [0, 0.05) is 29.6 Å². The van der Waals surface area contributed by atoms with Gasteiger partial charge < -0.3 is 9.63 Å². The monoisotopic (exact) mass is 320 g/mol. The number of phenols is 1. The predicted molar refractivity (Wildman–Crippen MR) is 86.0 cm³/mol. The van der Waals surface area contributed by atoms with Crippen molar-refractivity contribution in [2.75, 3.05) is 6.54 Å². The fourth-order valence-corrected chi connectivity index (χ4v) is 3.29. The van der Waals surface area contributed by atoms with E-state index in [4.69, 9.17) is 16.1 Å². The zero-order valence-corrected chi connectivity index (χ0v) is 13.5. The highest BCUT2D eigenvalue weighted by Crippen LogP contribution is 2.34. The Morgan fingerprint density at radius 3 is 3.09 bits per heavy atom. The van der Waals surface area contributed by atoms with Crippen LogP contribution in [0.5, 0.6) is 5.75 Å². The van der Waals surface area contributed by atoms with Gasteiger partial charge >= 0.3 is 0 Å². The van der Waals surface area contributed by atoms with Gasteiger partial charge in [0.1, 0.15) is 17.2 Å². The van der Waals surface area contributed by atoms with Crippen molar-refractivity contribution >= 4 is 11.6 Å². The summed E-state index contributed by atoms with van der Waals surface area (Å²) in [4.78, 5) is 2.33. The molecule has 0 bridgehead atoms. The third-order valence-corrected chi connectivity index (χ3v) is 4.43. The molecule has 5 heteroatoms. The highest BCUT2D eigenvalue weighted by Gasteiger charge is 2.29. The molecule has 0 radical (unpaired) electrons. The van der Waals surface area contributed by atoms with Gasteiger partial charge in [0.25, 0.3) is 0 Å². The van der Waals surface area contributed by atoms with Gasteiger partial charge in [0.15, 0.2) is 0 Å². The Morgan fingerprint density at radius 1 is 1.41 bits per heavy atom. The third kappa shape index (κ3) is 3.28. The van der Waals surface area contributed by atoms with Crippen molar-refractivity contribution in [1.29, 1.82) is 0 Å². The standard InChI is InChI=1S/C17H21ClN2O2/c1-2-4-14-10-15(19-22-14)16-5-3-8-20(16)11-12-9-13(18)6-7-17(12)21/h6-7,9-10,16,21H,2-5,8,11H2,1H3/t16-/m0/s1. The molecule has 1 saturated heterocycles. The minimum absolute atomic E-state index is 0.257. The average molecular weight is 321 g/mol. The van der Waals surface area contributed by atoms with Crippen molar-refractivity contribution in [2.24, 2.45) is 0 Å². The minimum atomic E-state index is 0.257. The molecular weight excluding hydrogens is 300 g/mol. The quantitative estimate of drug-likeness (QED) is 0.891. The molecular formula is C17H21ClN2O2. The maximum absolute atomic E-state index is 10.0. The summed E-state index contributed by atoms with van der Waals surface area (Å²) in [6, 6.07) is 7.52. The van der Waals surface area contributed by atoms with E-state index in [1.165, 1.54) is 0 Å². The van der Waals surface area contributed by atoms with Gasteiger partial charge in [-0.05, 0) is 44.0 Å². The predicted octanol–water partition coefficient (Wildman–Crippen LogP) is 4.32. The fraction of sp³-hybridized carbons (Fsp3) is 0.471. The summed E-state index contributed by atoms with van der Waals surface area (Å²) in [5.41, 5.74) is 1.86. The van der Waals surface area contributed by atoms with Gasteiger partial charge in [-0.15, -0.1) is 0 Å². The Labute approximate surface area is 135 Å². The summed E-state index contributed by atoms with van der Waals surface area (Å²) in [6.45, 7) is 3.80. The summed E-state index contributed by atoms with van der Waals surface area (Å²) in [7, 11) is 0. The molecule has 1 N–H and O–H groups in total. The zero-order chi connectivity index (χ0) is 15.5. The van der Waals surface area contributed by atoms with Crippen molar-refractivity contribution in [2.45, 2.75) is 45.2 Å². The van der Waals surface area contributed by atoms with Crippen LogP contribution in [0.2, 0.25) is 5.02 Å². The molecule has 0 aliphatic carbocycles. The van der Waals surface area contributed by atoms with Crippen LogP contribution >= 0.6 is 11.6 Å². The normalized spacial score (nSPS) is 18.9. The number of halogens is 1. The van der Waals surface area contributed by atoms with Crippen LogP contribution in [0, 0.1) is 0 Å². The van der Waals surface area contributed by atoms with Crippen molar-refractivity contribution in [3.63, 3.8) is 0 Å². The lowest BCUT2D eigenvalue weighted by atomic mass is 10.1. The Hall–Kier alpha value is -1.52. The summed E-state index contributed by atoms with van der Waals surface area (Å²) < 4.78 is 5.41. The molecule has 2 heterocycles. The van der Waals surface area contributed by atoms with Crippen molar-refractivity contribution < 1.29 is 9.63 Å². The number of hydrogen-bond donors (Lipinski definition) is 1. The molecule has 1 fully saturated rings. The van der Waals surface area contributed by atoms with Gasteiger partial charge in [-0.2, -0.15) is 0 Å². The SMILES string of the molecule is CCCc1cc([C@@H]2CCCN2Cc2cc(Cl)ccc2O)no1. The average Bonchev–Trinajstić information content (AvgIpc) is 3.12. The number of aromatic hydroxyl groups is 1. The lowest BCUT2D eigenvalue weighted by molar-refractivity contribution is 0.233.